The highest BCUT2D eigenvalue weighted by molar-refractivity contribution is 7.92. The molecule has 0 aliphatic carbocycles. The van der Waals surface area contributed by atoms with E-state index in [1.54, 1.807) is 47.8 Å². The highest BCUT2D eigenvalue weighted by atomic mass is 32.2. The lowest BCUT2D eigenvalue weighted by Gasteiger charge is -2.26. The smallest absolute Gasteiger partial charge is 0.296 e. The maximum Gasteiger partial charge on any atom is 0.296 e. The summed E-state index contributed by atoms with van der Waals surface area (Å²) in [7, 11) is -2.39. The highest BCUT2D eigenvalue weighted by Gasteiger charge is 2.24. The van der Waals surface area contributed by atoms with Gasteiger partial charge in [-0.1, -0.05) is 18.2 Å². The molecule has 1 fully saturated rings. The standard InChI is InChI=1S/C23H24N4O5S/c1-16-21(23(30)27(25(16)2)18-6-4-3-5-7-18)24-33(31,32)20-10-8-17(9-11-20)22(29)26-14-12-19(28)13-15-26/h3-11,24H,12-15H2,1-2H3. The molecule has 33 heavy (non-hydrogen) atoms. The Morgan fingerprint density at radius 1 is 0.939 bits per heavy atom. The van der Waals surface area contributed by atoms with Crippen molar-refractivity contribution in [2.24, 2.45) is 7.05 Å². The number of Topliss-reactive ketones (excluding diaryl/α,β-unsaturated/α-hetero) is 1. The zero-order chi connectivity index (χ0) is 23.8. The third-order valence-electron chi connectivity index (χ3n) is 5.81. The van der Waals surface area contributed by atoms with Gasteiger partial charge in [0.1, 0.15) is 11.5 Å². The van der Waals surface area contributed by atoms with Crippen molar-refractivity contribution in [2.45, 2.75) is 24.7 Å². The molecule has 10 heteroatoms. The molecule has 1 N–H and O–H groups in total. The molecule has 1 aromatic heterocycles. The zero-order valence-corrected chi connectivity index (χ0v) is 19.1. The number of piperidine rings is 1. The van der Waals surface area contributed by atoms with Gasteiger partial charge in [-0.3, -0.25) is 23.8 Å². The Kier molecular flexibility index (Phi) is 5.94. The number of hydrogen-bond acceptors (Lipinski definition) is 5. The van der Waals surface area contributed by atoms with E-state index in [1.807, 2.05) is 6.07 Å². The monoisotopic (exact) mass is 468 g/mol. The van der Waals surface area contributed by atoms with Gasteiger partial charge < -0.3 is 4.90 Å². The minimum Gasteiger partial charge on any atom is -0.338 e. The Labute approximate surface area is 191 Å². The van der Waals surface area contributed by atoms with Gasteiger partial charge in [0.2, 0.25) is 0 Å². The van der Waals surface area contributed by atoms with Crippen LogP contribution in [0.4, 0.5) is 5.69 Å². The average Bonchev–Trinajstić information content (AvgIpc) is 3.02. The summed E-state index contributed by atoms with van der Waals surface area (Å²) in [5, 5.41) is 0. The number of likely N-dealkylation sites (tertiary alicyclic amines) is 1. The van der Waals surface area contributed by atoms with Crippen LogP contribution >= 0.6 is 0 Å². The fourth-order valence-electron chi connectivity index (χ4n) is 3.80. The molecule has 0 saturated carbocycles. The summed E-state index contributed by atoms with van der Waals surface area (Å²) in [6.45, 7) is 2.38. The second kappa shape index (κ2) is 8.70. The molecule has 9 nitrogen and oxygen atoms in total. The van der Waals surface area contributed by atoms with Crippen molar-refractivity contribution < 1.29 is 18.0 Å². The summed E-state index contributed by atoms with van der Waals surface area (Å²) in [5.41, 5.74) is 0.876. The first-order valence-corrected chi connectivity index (χ1v) is 12.0. The van der Waals surface area contributed by atoms with E-state index in [-0.39, 0.29) is 22.3 Å². The Hall–Kier alpha value is -3.66. The number of benzene rings is 2. The largest absolute Gasteiger partial charge is 0.338 e. The Morgan fingerprint density at radius 3 is 2.15 bits per heavy atom. The van der Waals surface area contributed by atoms with E-state index >= 15 is 0 Å². The van der Waals surface area contributed by atoms with Crippen LogP contribution in [-0.4, -0.2) is 47.5 Å². The van der Waals surface area contributed by atoms with Crippen molar-refractivity contribution in [1.82, 2.24) is 14.3 Å². The van der Waals surface area contributed by atoms with Crippen molar-refractivity contribution in [3.05, 3.63) is 76.2 Å². The molecule has 1 amide bonds. The number of para-hydroxylation sites is 1. The third-order valence-corrected chi connectivity index (χ3v) is 7.18. The van der Waals surface area contributed by atoms with Crippen LogP contribution in [0.5, 0.6) is 0 Å². The maximum absolute atomic E-state index is 13.0. The molecule has 4 rings (SSSR count). The summed E-state index contributed by atoms with van der Waals surface area (Å²) in [6, 6.07) is 14.5. The Balaban J connectivity index is 1.58. The van der Waals surface area contributed by atoms with Crippen LogP contribution in [0.2, 0.25) is 0 Å². The molecule has 0 atom stereocenters. The van der Waals surface area contributed by atoms with Crippen LogP contribution in [-0.2, 0) is 21.9 Å². The number of carbonyl (C=O) groups is 2. The number of ketones is 1. The maximum atomic E-state index is 13.0. The summed E-state index contributed by atoms with van der Waals surface area (Å²) >= 11 is 0. The predicted octanol–water partition coefficient (Wildman–Crippen LogP) is 2.09. The number of nitrogens with one attached hydrogen (secondary N) is 1. The first-order chi connectivity index (χ1) is 15.7. The van der Waals surface area contributed by atoms with Crippen molar-refractivity contribution >= 4 is 27.4 Å². The van der Waals surface area contributed by atoms with Crippen LogP contribution in [0.25, 0.3) is 5.69 Å². The van der Waals surface area contributed by atoms with Gasteiger partial charge in [-0.15, -0.1) is 0 Å². The second-order valence-electron chi connectivity index (χ2n) is 7.90. The van der Waals surface area contributed by atoms with Gasteiger partial charge in [-0.2, -0.15) is 0 Å². The molecule has 3 aromatic rings. The topological polar surface area (TPSA) is 110 Å². The summed E-state index contributed by atoms with van der Waals surface area (Å²) < 4.78 is 31.3. The molecule has 0 unspecified atom stereocenters. The van der Waals surface area contributed by atoms with Crippen LogP contribution in [0.1, 0.15) is 28.9 Å². The zero-order valence-electron chi connectivity index (χ0n) is 18.3. The number of nitrogens with zero attached hydrogens (tertiary/aromatic N) is 3. The molecule has 2 aromatic carbocycles. The van der Waals surface area contributed by atoms with E-state index in [1.165, 1.54) is 28.9 Å². The number of rotatable bonds is 5. The van der Waals surface area contributed by atoms with E-state index in [0.717, 1.165) is 0 Å². The van der Waals surface area contributed by atoms with Crippen molar-refractivity contribution in [3.8, 4) is 5.69 Å². The average molecular weight is 469 g/mol. The summed E-state index contributed by atoms with van der Waals surface area (Å²) in [5.74, 6) is -0.113. The molecular formula is C23H24N4O5S. The van der Waals surface area contributed by atoms with Crippen LogP contribution in [0.15, 0.2) is 64.3 Å². The van der Waals surface area contributed by atoms with Crippen molar-refractivity contribution in [3.63, 3.8) is 0 Å². The Morgan fingerprint density at radius 2 is 1.55 bits per heavy atom. The van der Waals surface area contributed by atoms with E-state index in [0.29, 0.717) is 42.9 Å². The molecule has 1 aliphatic heterocycles. The van der Waals surface area contributed by atoms with E-state index < -0.39 is 15.6 Å². The van der Waals surface area contributed by atoms with Crippen LogP contribution in [0, 0.1) is 6.92 Å². The second-order valence-corrected chi connectivity index (χ2v) is 9.58. The fraction of sp³-hybridized carbons (Fsp3) is 0.261. The lowest BCUT2D eigenvalue weighted by atomic mass is 10.1. The number of anilines is 1. The van der Waals surface area contributed by atoms with E-state index in [4.69, 9.17) is 0 Å². The van der Waals surface area contributed by atoms with Gasteiger partial charge in [0.15, 0.2) is 0 Å². The Bertz CT molecular complexity index is 1360. The molecule has 1 saturated heterocycles. The lowest BCUT2D eigenvalue weighted by molar-refractivity contribution is -0.120. The van der Waals surface area contributed by atoms with Crippen LogP contribution < -0.4 is 10.3 Å². The van der Waals surface area contributed by atoms with Gasteiger partial charge >= 0.3 is 0 Å². The summed E-state index contributed by atoms with van der Waals surface area (Å²) in [4.78, 5) is 38.5. The van der Waals surface area contributed by atoms with Gasteiger partial charge in [0, 0.05) is 38.5 Å². The minimum absolute atomic E-state index is 0.0421. The highest BCUT2D eigenvalue weighted by Crippen LogP contribution is 2.20. The molecule has 0 spiro atoms. The molecule has 172 valence electrons. The SMILES string of the molecule is Cc1c(NS(=O)(=O)c2ccc(C(=O)N3CCC(=O)CC3)cc2)c(=O)n(-c2ccccc2)n1C. The summed E-state index contributed by atoms with van der Waals surface area (Å²) in [6.07, 6.45) is 0.665. The fourth-order valence-corrected chi connectivity index (χ4v) is 4.91. The number of amides is 1. The van der Waals surface area contributed by atoms with Crippen LogP contribution in [0.3, 0.4) is 0 Å². The predicted molar refractivity (Wildman–Crippen MR) is 123 cm³/mol. The molecule has 1 aliphatic rings. The van der Waals surface area contributed by atoms with Crippen molar-refractivity contribution in [2.75, 3.05) is 17.8 Å². The van der Waals surface area contributed by atoms with Gasteiger partial charge in [0.05, 0.1) is 16.3 Å². The number of carbonyl (C=O) groups excluding carboxylic acids is 2. The molecule has 2 heterocycles. The molecule has 0 bridgehead atoms. The molecule has 0 radical (unpaired) electrons. The number of aromatic nitrogens is 2. The van der Waals surface area contributed by atoms with E-state index in [2.05, 4.69) is 4.72 Å². The first-order valence-electron chi connectivity index (χ1n) is 10.5. The van der Waals surface area contributed by atoms with Gasteiger partial charge in [0.25, 0.3) is 21.5 Å². The van der Waals surface area contributed by atoms with Crippen molar-refractivity contribution in [1.29, 1.82) is 0 Å². The minimum atomic E-state index is -4.06. The van der Waals surface area contributed by atoms with Gasteiger partial charge in [-0.25, -0.2) is 13.1 Å². The number of hydrogen-bond donors (Lipinski definition) is 1. The number of sulfonamides is 1. The molecular weight excluding hydrogens is 444 g/mol. The lowest BCUT2D eigenvalue weighted by Crippen LogP contribution is -2.38. The van der Waals surface area contributed by atoms with E-state index in [9.17, 15) is 22.8 Å². The normalized spacial score (nSPS) is 14.4. The third kappa shape index (κ3) is 4.34. The quantitative estimate of drug-likeness (QED) is 0.617. The van der Waals surface area contributed by atoms with Gasteiger partial charge in [-0.05, 0) is 43.3 Å². The first kappa shape index (κ1) is 22.5.